The number of nitrogens with one attached hydrogen (secondary N) is 1. The predicted octanol–water partition coefficient (Wildman–Crippen LogP) is 4.50. The van der Waals surface area contributed by atoms with E-state index in [9.17, 15) is 4.79 Å². The SMILES string of the molecule is CCN(CC)C(=O)Nn1c(C(C)C)c2c3c(cccc31)[C@H]1CCCN(C)[C@@H]1C2. The molecule has 2 atom stereocenters. The Morgan fingerprint density at radius 3 is 2.71 bits per heavy atom. The van der Waals surface area contributed by atoms with Gasteiger partial charge in [0.25, 0.3) is 0 Å². The van der Waals surface area contributed by atoms with Gasteiger partial charge in [0.1, 0.15) is 0 Å². The summed E-state index contributed by atoms with van der Waals surface area (Å²) >= 11 is 0. The van der Waals surface area contributed by atoms with Gasteiger partial charge in [-0.15, -0.1) is 0 Å². The Labute approximate surface area is 168 Å². The predicted molar refractivity (Wildman–Crippen MR) is 116 cm³/mol. The first-order valence-electron chi connectivity index (χ1n) is 10.9. The van der Waals surface area contributed by atoms with E-state index in [4.69, 9.17) is 0 Å². The Morgan fingerprint density at radius 1 is 1.29 bits per heavy atom. The molecule has 4 rings (SSSR count). The summed E-state index contributed by atoms with van der Waals surface area (Å²) in [5.74, 6) is 0.946. The minimum atomic E-state index is -0.0189. The van der Waals surface area contributed by atoms with Gasteiger partial charge in [-0.3, -0.25) is 4.68 Å². The lowest BCUT2D eigenvalue weighted by atomic mass is 9.74. The van der Waals surface area contributed by atoms with E-state index >= 15 is 0 Å². The number of piperidine rings is 1. The van der Waals surface area contributed by atoms with Gasteiger partial charge in [0.15, 0.2) is 0 Å². The lowest BCUT2D eigenvalue weighted by molar-refractivity contribution is 0.156. The van der Waals surface area contributed by atoms with Gasteiger partial charge < -0.3 is 9.80 Å². The molecule has 0 unspecified atom stereocenters. The maximum atomic E-state index is 12.9. The fourth-order valence-corrected chi connectivity index (χ4v) is 5.48. The summed E-state index contributed by atoms with van der Waals surface area (Å²) in [7, 11) is 2.27. The van der Waals surface area contributed by atoms with Crippen molar-refractivity contribution in [1.82, 2.24) is 14.5 Å². The molecular formula is C23H34N4O. The third kappa shape index (κ3) is 2.91. The smallest absolute Gasteiger partial charge is 0.324 e. The number of benzene rings is 1. The highest BCUT2D eigenvalue weighted by atomic mass is 16.2. The molecule has 0 radical (unpaired) electrons. The number of carbonyl (C=O) groups is 1. The monoisotopic (exact) mass is 382 g/mol. The molecule has 2 aromatic rings. The summed E-state index contributed by atoms with van der Waals surface area (Å²) in [4.78, 5) is 17.3. The Kier molecular flexibility index (Phi) is 5.13. The van der Waals surface area contributed by atoms with Gasteiger partial charge in [0, 0.05) is 36.1 Å². The molecule has 2 amide bonds. The van der Waals surface area contributed by atoms with E-state index in [1.165, 1.54) is 41.6 Å². The van der Waals surface area contributed by atoms with Crippen LogP contribution in [0.3, 0.4) is 0 Å². The van der Waals surface area contributed by atoms with E-state index in [0.29, 0.717) is 31.0 Å². The number of likely N-dealkylation sites (N-methyl/N-ethyl adjacent to an activating group) is 1. The lowest BCUT2D eigenvalue weighted by Crippen LogP contribution is -2.44. The first-order valence-corrected chi connectivity index (χ1v) is 10.9. The van der Waals surface area contributed by atoms with Gasteiger partial charge in [-0.25, -0.2) is 10.2 Å². The molecule has 1 aliphatic carbocycles. The zero-order valence-corrected chi connectivity index (χ0v) is 18.0. The number of hydrogen-bond donors (Lipinski definition) is 1. The maximum absolute atomic E-state index is 12.9. The minimum Gasteiger partial charge on any atom is -0.324 e. The van der Waals surface area contributed by atoms with Crippen LogP contribution in [0, 0.1) is 0 Å². The van der Waals surface area contributed by atoms with E-state index in [2.05, 4.69) is 54.1 Å². The lowest BCUT2D eigenvalue weighted by Gasteiger charge is -2.42. The third-order valence-electron chi connectivity index (χ3n) is 6.84. The van der Waals surface area contributed by atoms with Crippen LogP contribution in [0.1, 0.15) is 69.2 Å². The van der Waals surface area contributed by atoms with Crippen LogP contribution in [0.15, 0.2) is 18.2 Å². The Bertz CT molecular complexity index is 880. The number of aromatic nitrogens is 1. The molecule has 2 heterocycles. The van der Waals surface area contributed by atoms with E-state index in [0.717, 1.165) is 11.9 Å². The van der Waals surface area contributed by atoms with Crippen molar-refractivity contribution in [1.29, 1.82) is 0 Å². The van der Waals surface area contributed by atoms with Crippen LogP contribution < -0.4 is 5.43 Å². The summed E-state index contributed by atoms with van der Waals surface area (Å²) in [6, 6.07) is 7.21. The second kappa shape index (κ2) is 7.43. The van der Waals surface area contributed by atoms with E-state index in [1.807, 2.05) is 18.7 Å². The fourth-order valence-electron chi connectivity index (χ4n) is 5.48. The van der Waals surface area contributed by atoms with Crippen molar-refractivity contribution < 1.29 is 4.79 Å². The van der Waals surface area contributed by atoms with Gasteiger partial charge in [-0.2, -0.15) is 0 Å². The van der Waals surface area contributed by atoms with Crippen molar-refractivity contribution in [3.8, 4) is 0 Å². The van der Waals surface area contributed by atoms with Crippen molar-refractivity contribution >= 4 is 16.9 Å². The van der Waals surface area contributed by atoms with E-state index in [-0.39, 0.29) is 6.03 Å². The van der Waals surface area contributed by atoms with Gasteiger partial charge in [-0.05, 0) is 69.8 Å². The average molecular weight is 383 g/mol. The first-order chi connectivity index (χ1) is 13.5. The Hall–Kier alpha value is -2.01. The number of carbonyl (C=O) groups excluding carboxylic acids is 1. The molecule has 1 aromatic carbocycles. The van der Waals surface area contributed by atoms with Crippen LogP contribution in [0.25, 0.3) is 10.9 Å². The number of likely N-dealkylation sites (tertiary alicyclic amines) is 1. The number of urea groups is 1. The summed E-state index contributed by atoms with van der Waals surface area (Å²) in [5.41, 5.74) is 8.57. The highest BCUT2D eigenvalue weighted by Crippen LogP contribution is 2.46. The number of rotatable bonds is 4. The molecule has 5 nitrogen and oxygen atoms in total. The summed E-state index contributed by atoms with van der Waals surface area (Å²) in [5, 5.41) is 1.39. The Balaban J connectivity index is 1.88. The van der Waals surface area contributed by atoms with Crippen LogP contribution in [0.5, 0.6) is 0 Å². The van der Waals surface area contributed by atoms with Crippen molar-refractivity contribution in [3.05, 3.63) is 35.0 Å². The minimum absolute atomic E-state index is 0.0189. The first kappa shape index (κ1) is 19.3. The van der Waals surface area contributed by atoms with Crippen molar-refractivity contribution in [3.63, 3.8) is 0 Å². The molecule has 0 bridgehead atoms. The highest BCUT2D eigenvalue weighted by molar-refractivity contribution is 5.93. The second-order valence-electron chi connectivity index (χ2n) is 8.69. The van der Waals surface area contributed by atoms with Crippen molar-refractivity contribution in [2.24, 2.45) is 0 Å². The average Bonchev–Trinajstić information content (AvgIpc) is 2.98. The molecule has 152 valence electrons. The van der Waals surface area contributed by atoms with Gasteiger partial charge in [-0.1, -0.05) is 26.0 Å². The molecule has 1 N–H and O–H groups in total. The number of amides is 2. The molecule has 28 heavy (non-hydrogen) atoms. The Morgan fingerprint density at radius 2 is 2.04 bits per heavy atom. The standard InChI is InChI=1S/C23H34N4O/c1-6-26(7-2)23(28)24-27-19-12-8-10-17-16-11-9-13-25(5)20(16)14-18(21(17)19)22(27)15(3)4/h8,10,12,15-16,20H,6-7,9,11,13-14H2,1-5H3,(H,24,28)/t16-,20-/m1/s1. The normalized spacial score (nSPS) is 21.8. The molecule has 1 aliphatic heterocycles. The van der Waals surface area contributed by atoms with Gasteiger partial charge >= 0.3 is 6.03 Å². The molecule has 1 saturated heterocycles. The molecule has 0 saturated carbocycles. The van der Waals surface area contributed by atoms with E-state index < -0.39 is 0 Å². The molecule has 5 heteroatoms. The summed E-state index contributed by atoms with van der Waals surface area (Å²) in [6.45, 7) is 11.1. The second-order valence-corrected chi connectivity index (χ2v) is 8.69. The zero-order chi connectivity index (χ0) is 20.0. The quantitative estimate of drug-likeness (QED) is 0.845. The van der Waals surface area contributed by atoms with E-state index in [1.54, 1.807) is 0 Å². The molecular weight excluding hydrogens is 348 g/mol. The fraction of sp³-hybridized carbons (Fsp3) is 0.609. The highest BCUT2D eigenvalue weighted by Gasteiger charge is 2.38. The molecule has 1 aromatic heterocycles. The third-order valence-corrected chi connectivity index (χ3v) is 6.84. The van der Waals surface area contributed by atoms with Crippen molar-refractivity contribution in [2.75, 3.05) is 32.1 Å². The zero-order valence-electron chi connectivity index (χ0n) is 18.0. The van der Waals surface area contributed by atoms with Crippen LogP contribution in [0.2, 0.25) is 0 Å². The van der Waals surface area contributed by atoms with Gasteiger partial charge in [0.05, 0.1) is 5.52 Å². The summed E-state index contributed by atoms with van der Waals surface area (Å²) in [6.07, 6.45) is 3.61. The maximum Gasteiger partial charge on any atom is 0.336 e. The van der Waals surface area contributed by atoms with Crippen LogP contribution in [0.4, 0.5) is 4.79 Å². The molecule has 0 spiro atoms. The van der Waals surface area contributed by atoms with Crippen LogP contribution in [-0.4, -0.2) is 53.2 Å². The van der Waals surface area contributed by atoms with Crippen LogP contribution >= 0.6 is 0 Å². The largest absolute Gasteiger partial charge is 0.336 e. The summed E-state index contributed by atoms with van der Waals surface area (Å²) < 4.78 is 2.09. The van der Waals surface area contributed by atoms with Gasteiger partial charge in [0.2, 0.25) is 0 Å². The number of nitrogens with zero attached hydrogens (tertiary/aromatic N) is 3. The molecule has 2 aliphatic rings. The van der Waals surface area contributed by atoms with Crippen molar-refractivity contribution in [2.45, 2.75) is 64.8 Å². The number of fused-ring (bicyclic) bond motifs is 2. The molecule has 1 fully saturated rings. The number of hydrogen-bond acceptors (Lipinski definition) is 2. The topological polar surface area (TPSA) is 40.5 Å². The van der Waals surface area contributed by atoms with Crippen LogP contribution in [-0.2, 0) is 6.42 Å².